The number of aryl methyl sites for hydroxylation is 1. The second-order valence-corrected chi connectivity index (χ2v) is 5.54. The van der Waals surface area contributed by atoms with E-state index in [-0.39, 0.29) is 0 Å². The quantitative estimate of drug-likeness (QED) is 0.837. The van der Waals surface area contributed by atoms with Gasteiger partial charge in [0.2, 0.25) is 0 Å². The van der Waals surface area contributed by atoms with Crippen molar-refractivity contribution in [2.75, 3.05) is 18.6 Å². The third kappa shape index (κ3) is 2.90. The van der Waals surface area contributed by atoms with Gasteiger partial charge < -0.3 is 10.7 Å². The Morgan fingerprint density at radius 1 is 1.33 bits per heavy atom. The van der Waals surface area contributed by atoms with Crippen molar-refractivity contribution in [1.29, 1.82) is 0 Å². The van der Waals surface area contributed by atoms with E-state index in [0.29, 0.717) is 0 Å². The molecule has 0 saturated carbocycles. The van der Waals surface area contributed by atoms with Crippen LogP contribution in [0, 0.1) is 12.8 Å². The fourth-order valence-electron chi connectivity index (χ4n) is 2.38. The first kappa shape index (κ1) is 13.5. The molecule has 0 atom stereocenters. The Kier molecular flexibility index (Phi) is 4.72. The number of thioether (sulfide) groups is 1. The van der Waals surface area contributed by atoms with Gasteiger partial charge in [0.25, 0.3) is 0 Å². The third-order valence-electron chi connectivity index (χ3n) is 3.34. The molecular formula is C15H21N2S. The van der Waals surface area contributed by atoms with Crippen molar-refractivity contribution in [2.24, 2.45) is 5.73 Å². The van der Waals surface area contributed by atoms with Crippen LogP contribution in [0.5, 0.6) is 0 Å². The van der Waals surface area contributed by atoms with Gasteiger partial charge in [0.15, 0.2) is 0 Å². The van der Waals surface area contributed by atoms with Crippen LogP contribution in [0.2, 0.25) is 0 Å². The predicted molar refractivity (Wildman–Crippen MR) is 82.0 cm³/mol. The van der Waals surface area contributed by atoms with Crippen molar-refractivity contribution in [3.63, 3.8) is 0 Å². The molecule has 1 heterocycles. The van der Waals surface area contributed by atoms with Gasteiger partial charge in [-0.25, -0.2) is 0 Å². The number of fused-ring (bicyclic) bond motifs is 1. The molecule has 97 valence electrons. The van der Waals surface area contributed by atoms with E-state index >= 15 is 0 Å². The van der Waals surface area contributed by atoms with Crippen molar-refractivity contribution in [1.82, 2.24) is 4.98 Å². The second kappa shape index (κ2) is 6.30. The van der Waals surface area contributed by atoms with Crippen LogP contribution in [0.4, 0.5) is 0 Å². The van der Waals surface area contributed by atoms with Crippen LogP contribution < -0.4 is 5.73 Å². The summed E-state index contributed by atoms with van der Waals surface area (Å²) in [5.41, 5.74) is 9.64. The van der Waals surface area contributed by atoms with Gasteiger partial charge in [0.1, 0.15) is 0 Å². The van der Waals surface area contributed by atoms with Crippen molar-refractivity contribution < 1.29 is 0 Å². The summed E-state index contributed by atoms with van der Waals surface area (Å²) in [4.78, 5) is 3.54. The molecule has 0 aliphatic rings. The van der Waals surface area contributed by atoms with Crippen LogP contribution >= 0.6 is 11.8 Å². The molecule has 0 fully saturated rings. The second-order valence-electron chi connectivity index (χ2n) is 4.67. The van der Waals surface area contributed by atoms with Crippen molar-refractivity contribution in [3.05, 3.63) is 41.4 Å². The molecule has 1 radical (unpaired) electrons. The highest BCUT2D eigenvalue weighted by Crippen LogP contribution is 2.25. The van der Waals surface area contributed by atoms with E-state index in [1.807, 2.05) is 11.8 Å². The Bertz CT molecular complexity index is 498. The van der Waals surface area contributed by atoms with Gasteiger partial charge in [-0.1, -0.05) is 18.2 Å². The van der Waals surface area contributed by atoms with Crippen molar-refractivity contribution in [2.45, 2.75) is 19.8 Å². The molecular weight excluding hydrogens is 240 g/mol. The van der Waals surface area contributed by atoms with Gasteiger partial charge in [0.05, 0.1) is 0 Å². The number of nitrogens with one attached hydrogen (secondary N) is 1. The largest absolute Gasteiger partial charge is 0.358 e. The molecule has 0 spiro atoms. The van der Waals surface area contributed by atoms with Crippen LogP contribution in [0.1, 0.15) is 17.7 Å². The number of hydrogen-bond donors (Lipinski definition) is 2. The minimum Gasteiger partial charge on any atom is -0.358 e. The van der Waals surface area contributed by atoms with Crippen molar-refractivity contribution in [3.8, 4) is 0 Å². The topological polar surface area (TPSA) is 41.8 Å². The number of H-pyrrole nitrogens is 1. The molecule has 3 heteroatoms. The number of rotatable bonds is 6. The summed E-state index contributed by atoms with van der Waals surface area (Å²) in [6, 6.07) is 8.50. The van der Waals surface area contributed by atoms with Crippen LogP contribution in [-0.2, 0) is 6.42 Å². The molecule has 0 aliphatic heterocycles. The van der Waals surface area contributed by atoms with Crippen LogP contribution in [-0.4, -0.2) is 23.5 Å². The standard InChI is InChI=1S/C15H21N2S/c1-11-13-5-3-4-6-14(13)17-15(11)9-12(7-8-16)10-18-2/h3-6,17H,7-10,16H2,1-2H3. The smallest absolute Gasteiger partial charge is 0.0458 e. The Balaban J connectivity index is 2.22. The van der Waals surface area contributed by atoms with Crippen LogP contribution in [0.25, 0.3) is 10.9 Å². The molecule has 1 aromatic heterocycles. The average molecular weight is 261 g/mol. The maximum absolute atomic E-state index is 5.69. The first-order valence-corrected chi connectivity index (χ1v) is 7.74. The summed E-state index contributed by atoms with van der Waals surface area (Å²) in [5, 5.41) is 1.34. The lowest BCUT2D eigenvalue weighted by Crippen LogP contribution is -2.12. The monoisotopic (exact) mass is 261 g/mol. The number of para-hydroxylation sites is 1. The van der Waals surface area contributed by atoms with E-state index in [4.69, 9.17) is 5.73 Å². The molecule has 2 aromatic rings. The molecule has 0 bridgehead atoms. The average Bonchev–Trinajstić information content (AvgIpc) is 2.68. The third-order valence-corrected chi connectivity index (χ3v) is 4.04. The predicted octanol–water partition coefficient (Wildman–Crippen LogP) is 3.31. The molecule has 3 N–H and O–H groups in total. The number of nitrogens with two attached hydrogens (primary N) is 1. The summed E-state index contributed by atoms with van der Waals surface area (Å²) in [6.07, 6.45) is 4.20. The normalized spacial score (nSPS) is 11.6. The number of benzene rings is 1. The number of aromatic amines is 1. The minimum absolute atomic E-state index is 0.745. The Morgan fingerprint density at radius 2 is 2.11 bits per heavy atom. The van der Waals surface area contributed by atoms with Crippen LogP contribution in [0.15, 0.2) is 24.3 Å². The fraction of sp³-hybridized carbons (Fsp3) is 0.400. The molecule has 2 nitrogen and oxygen atoms in total. The van der Waals surface area contributed by atoms with E-state index < -0.39 is 0 Å². The first-order chi connectivity index (χ1) is 8.76. The minimum atomic E-state index is 0.745. The zero-order chi connectivity index (χ0) is 13.0. The maximum atomic E-state index is 5.69. The lowest BCUT2D eigenvalue weighted by atomic mass is 9.99. The SMILES string of the molecule is CSC[C](CCN)Cc1[nH]c2ccccc2c1C. The van der Waals surface area contributed by atoms with E-state index in [1.54, 1.807) is 0 Å². The van der Waals surface area contributed by atoms with E-state index in [0.717, 1.165) is 25.1 Å². The highest BCUT2D eigenvalue weighted by molar-refractivity contribution is 7.98. The molecule has 0 amide bonds. The number of aromatic nitrogens is 1. The van der Waals surface area contributed by atoms with E-state index in [1.165, 1.54) is 28.1 Å². The fourth-order valence-corrected chi connectivity index (χ4v) is 3.04. The Labute approximate surface area is 113 Å². The molecule has 0 saturated heterocycles. The summed E-state index contributed by atoms with van der Waals surface area (Å²) in [6.45, 7) is 2.95. The lowest BCUT2D eigenvalue weighted by molar-refractivity contribution is 0.783. The van der Waals surface area contributed by atoms with Gasteiger partial charge in [-0.15, -0.1) is 0 Å². The van der Waals surface area contributed by atoms with Crippen LogP contribution in [0.3, 0.4) is 0 Å². The van der Waals surface area contributed by atoms with E-state index in [2.05, 4.69) is 42.4 Å². The maximum Gasteiger partial charge on any atom is 0.0458 e. The van der Waals surface area contributed by atoms with Gasteiger partial charge in [-0.2, -0.15) is 11.8 Å². The summed E-state index contributed by atoms with van der Waals surface area (Å²) < 4.78 is 0. The van der Waals surface area contributed by atoms with Gasteiger partial charge in [-0.3, -0.25) is 0 Å². The van der Waals surface area contributed by atoms with Gasteiger partial charge in [-0.05, 0) is 55.9 Å². The Morgan fingerprint density at radius 3 is 2.78 bits per heavy atom. The summed E-state index contributed by atoms with van der Waals surface area (Å²) in [7, 11) is 0. The van der Waals surface area contributed by atoms with Crippen molar-refractivity contribution >= 4 is 22.7 Å². The molecule has 1 aromatic carbocycles. The molecule has 0 aliphatic carbocycles. The Hall–Kier alpha value is -0.930. The highest BCUT2D eigenvalue weighted by atomic mass is 32.2. The lowest BCUT2D eigenvalue weighted by Gasteiger charge is -2.13. The number of hydrogen-bond acceptors (Lipinski definition) is 2. The van der Waals surface area contributed by atoms with E-state index in [9.17, 15) is 0 Å². The molecule has 18 heavy (non-hydrogen) atoms. The first-order valence-electron chi connectivity index (χ1n) is 6.35. The molecule has 0 unspecified atom stereocenters. The van der Waals surface area contributed by atoms with Gasteiger partial charge >= 0.3 is 0 Å². The molecule has 2 rings (SSSR count). The summed E-state index contributed by atoms with van der Waals surface area (Å²) in [5.74, 6) is 2.63. The van der Waals surface area contributed by atoms with Gasteiger partial charge in [0, 0.05) is 16.6 Å². The summed E-state index contributed by atoms with van der Waals surface area (Å²) >= 11 is 1.88. The highest BCUT2D eigenvalue weighted by Gasteiger charge is 2.13. The zero-order valence-electron chi connectivity index (χ0n) is 11.1. The zero-order valence-corrected chi connectivity index (χ0v) is 11.9.